The fraction of sp³-hybridized carbons (Fsp3) is 0.545. The second kappa shape index (κ2) is 7.71. The Labute approximate surface area is 171 Å². The number of hydrogen-bond acceptors (Lipinski definition) is 6. The maximum absolute atomic E-state index is 6.03. The van der Waals surface area contributed by atoms with Gasteiger partial charge in [0.2, 0.25) is 5.88 Å². The molecule has 5 rings (SSSR count). The second-order valence-corrected chi connectivity index (χ2v) is 8.50. The minimum absolute atomic E-state index is 0.445. The number of tetrazole rings is 1. The van der Waals surface area contributed by atoms with Gasteiger partial charge in [0.05, 0.1) is 18.1 Å². The Hall–Kier alpha value is -2.54. The predicted octanol–water partition coefficient (Wildman–Crippen LogP) is 3.74. The van der Waals surface area contributed by atoms with Crippen molar-refractivity contribution in [1.29, 1.82) is 0 Å². The van der Waals surface area contributed by atoms with Crippen LogP contribution in [0.15, 0.2) is 18.2 Å². The fourth-order valence-corrected chi connectivity index (χ4v) is 4.77. The van der Waals surface area contributed by atoms with Crippen LogP contribution < -0.4 is 4.74 Å². The van der Waals surface area contributed by atoms with Gasteiger partial charge in [0, 0.05) is 24.0 Å². The molecule has 1 saturated carbocycles. The lowest BCUT2D eigenvalue weighted by atomic mass is 9.95. The summed E-state index contributed by atoms with van der Waals surface area (Å²) < 4.78 is 8.09. The molecule has 3 heterocycles. The van der Waals surface area contributed by atoms with E-state index >= 15 is 0 Å². The predicted molar refractivity (Wildman–Crippen MR) is 111 cm³/mol. The Bertz CT molecular complexity index is 1020. The first kappa shape index (κ1) is 18.5. The molecule has 152 valence electrons. The molecule has 3 aromatic rings. The fourth-order valence-electron chi connectivity index (χ4n) is 4.77. The first-order chi connectivity index (χ1) is 14.2. The molecule has 1 aliphatic heterocycles. The van der Waals surface area contributed by atoms with Crippen LogP contribution in [0.4, 0.5) is 0 Å². The van der Waals surface area contributed by atoms with E-state index in [0.717, 1.165) is 42.4 Å². The molecule has 0 spiro atoms. The molecular weight excluding hydrogens is 364 g/mol. The van der Waals surface area contributed by atoms with Crippen molar-refractivity contribution in [3.8, 4) is 5.88 Å². The van der Waals surface area contributed by atoms with E-state index in [1.54, 1.807) is 0 Å². The summed E-state index contributed by atoms with van der Waals surface area (Å²) in [6.07, 6.45) is 6.23. The largest absolute Gasteiger partial charge is 0.476 e. The van der Waals surface area contributed by atoms with Crippen LogP contribution in [0, 0.1) is 13.8 Å². The summed E-state index contributed by atoms with van der Waals surface area (Å²) in [5.74, 6) is 1.72. The van der Waals surface area contributed by atoms with Gasteiger partial charge in [0.15, 0.2) is 5.82 Å². The summed E-state index contributed by atoms with van der Waals surface area (Å²) in [6, 6.07) is 7.06. The van der Waals surface area contributed by atoms with E-state index in [1.807, 2.05) is 0 Å². The minimum Gasteiger partial charge on any atom is -0.476 e. The molecule has 1 fully saturated rings. The highest BCUT2D eigenvalue weighted by molar-refractivity contribution is 5.84. The number of benzene rings is 1. The average molecular weight is 393 g/mol. The molecule has 0 atom stereocenters. The normalized spacial score (nSPS) is 18.4. The standard InChI is InChI=1S/C22H28N6O/c1-15-10-16(2)21-17(11-15)12-18-13-27(8-9-29-22(18)23-21)14-20-24-25-26-28(20)19-6-4-3-5-7-19/h10-12,19H,3-9,13-14H2,1-2H3. The Balaban J connectivity index is 1.40. The van der Waals surface area contributed by atoms with Gasteiger partial charge in [-0.2, -0.15) is 0 Å². The van der Waals surface area contributed by atoms with Crippen molar-refractivity contribution < 1.29 is 4.74 Å². The molecule has 2 aliphatic rings. The quantitative estimate of drug-likeness (QED) is 0.676. The van der Waals surface area contributed by atoms with Crippen molar-refractivity contribution >= 4 is 10.9 Å². The molecule has 0 radical (unpaired) electrons. The lowest BCUT2D eigenvalue weighted by Gasteiger charge is -2.24. The van der Waals surface area contributed by atoms with E-state index in [9.17, 15) is 0 Å². The van der Waals surface area contributed by atoms with E-state index in [4.69, 9.17) is 9.72 Å². The van der Waals surface area contributed by atoms with Gasteiger partial charge in [0.25, 0.3) is 0 Å². The number of nitrogens with zero attached hydrogens (tertiary/aromatic N) is 6. The van der Waals surface area contributed by atoms with Crippen molar-refractivity contribution in [3.05, 3.63) is 40.7 Å². The van der Waals surface area contributed by atoms with Crippen molar-refractivity contribution in [1.82, 2.24) is 30.1 Å². The number of pyridine rings is 1. The van der Waals surface area contributed by atoms with Gasteiger partial charge >= 0.3 is 0 Å². The van der Waals surface area contributed by atoms with E-state index in [-0.39, 0.29) is 0 Å². The van der Waals surface area contributed by atoms with Gasteiger partial charge in [-0.05, 0) is 54.8 Å². The molecule has 1 aromatic carbocycles. The summed E-state index contributed by atoms with van der Waals surface area (Å²) in [6.45, 7) is 7.23. The molecule has 7 nitrogen and oxygen atoms in total. The second-order valence-electron chi connectivity index (χ2n) is 8.50. The number of aromatic nitrogens is 5. The zero-order valence-corrected chi connectivity index (χ0v) is 17.3. The summed E-state index contributed by atoms with van der Waals surface area (Å²) in [5, 5.41) is 13.8. The van der Waals surface area contributed by atoms with Gasteiger partial charge in [-0.25, -0.2) is 9.67 Å². The molecule has 0 bridgehead atoms. The summed E-state index contributed by atoms with van der Waals surface area (Å²) >= 11 is 0. The topological polar surface area (TPSA) is 69.0 Å². The molecule has 29 heavy (non-hydrogen) atoms. The van der Waals surface area contributed by atoms with Crippen LogP contribution in [0.3, 0.4) is 0 Å². The van der Waals surface area contributed by atoms with E-state index < -0.39 is 0 Å². The molecule has 2 aromatic heterocycles. The number of rotatable bonds is 3. The van der Waals surface area contributed by atoms with Crippen LogP contribution >= 0.6 is 0 Å². The van der Waals surface area contributed by atoms with Crippen LogP contribution in [-0.4, -0.2) is 43.2 Å². The van der Waals surface area contributed by atoms with Crippen LogP contribution in [0.5, 0.6) is 5.88 Å². The summed E-state index contributed by atoms with van der Waals surface area (Å²) in [7, 11) is 0. The lowest BCUT2D eigenvalue weighted by molar-refractivity contribution is 0.205. The SMILES string of the molecule is Cc1cc(C)c2nc3c(cc2c1)CN(Cc1nnnn1C1CCCCC1)CCO3. The zero-order chi connectivity index (χ0) is 19.8. The van der Waals surface area contributed by atoms with E-state index in [1.165, 1.54) is 48.6 Å². The average Bonchev–Trinajstić information content (AvgIpc) is 3.08. The number of fused-ring (bicyclic) bond motifs is 2. The monoisotopic (exact) mass is 392 g/mol. The molecule has 0 N–H and O–H groups in total. The van der Waals surface area contributed by atoms with Crippen molar-refractivity contribution in [2.75, 3.05) is 13.2 Å². The Morgan fingerprint density at radius 1 is 1.10 bits per heavy atom. The van der Waals surface area contributed by atoms with E-state index in [0.29, 0.717) is 12.6 Å². The molecule has 0 amide bonds. The molecule has 1 aliphatic carbocycles. The van der Waals surface area contributed by atoms with E-state index in [2.05, 4.69) is 57.2 Å². The third-order valence-corrected chi connectivity index (χ3v) is 6.18. The maximum Gasteiger partial charge on any atom is 0.218 e. The summed E-state index contributed by atoms with van der Waals surface area (Å²) in [4.78, 5) is 7.21. The van der Waals surface area contributed by atoms with Crippen molar-refractivity contribution in [3.63, 3.8) is 0 Å². The summed E-state index contributed by atoms with van der Waals surface area (Å²) in [5.41, 5.74) is 4.62. The third kappa shape index (κ3) is 3.71. The molecule has 7 heteroatoms. The Kier molecular flexibility index (Phi) is 4.91. The van der Waals surface area contributed by atoms with Crippen LogP contribution in [-0.2, 0) is 13.1 Å². The minimum atomic E-state index is 0.445. The van der Waals surface area contributed by atoms with Gasteiger partial charge in [-0.3, -0.25) is 4.90 Å². The third-order valence-electron chi connectivity index (χ3n) is 6.18. The van der Waals surface area contributed by atoms with Gasteiger partial charge in [0.1, 0.15) is 6.61 Å². The number of aryl methyl sites for hydroxylation is 2. The maximum atomic E-state index is 6.03. The van der Waals surface area contributed by atoms with Crippen LogP contribution in [0.1, 0.15) is 60.7 Å². The lowest BCUT2D eigenvalue weighted by Crippen LogP contribution is -2.28. The first-order valence-electron chi connectivity index (χ1n) is 10.7. The van der Waals surface area contributed by atoms with Crippen molar-refractivity contribution in [2.45, 2.75) is 65.1 Å². The number of ether oxygens (including phenoxy) is 1. The molecule has 0 saturated heterocycles. The highest BCUT2D eigenvalue weighted by Gasteiger charge is 2.23. The Morgan fingerprint density at radius 2 is 1.97 bits per heavy atom. The van der Waals surface area contributed by atoms with Crippen molar-refractivity contribution in [2.24, 2.45) is 0 Å². The highest BCUT2D eigenvalue weighted by atomic mass is 16.5. The van der Waals surface area contributed by atoms with Crippen LogP contribution in [0.2, 0.25) is 0 Å². The van der Waals surface area contributed by atoms with Gasteiger partial charge in [-0.1, -0.05) is 30.9 Å². The van der Waals surface area contributed by atoms with Gasteiger partial charge in [-0.15, -0.1) is 5.10 Å². The Morgan fingerprint density at radius 3 is 2.83 bits per heavy atom. The zero-order valence-electron chi connectivity index (χ0n) is 17.3. The molecular formula is C22H28N6O. The van der Waals surface area contributed by atoms with Crippen LogP contribution in [0.25, 0.3) is 10.9 Å². The molecule has 0 unspecified atom stereocenters. The highest BCUT2D eigenvalue weighted by Crippen LogP contribution is 2.30. The first-order valence-corrected chi connectivity index (χ1v) is 10.7. The number of hydrogen-bond donors (Lipinski definition) is 0. The smallest absolute Gasteiger partial charge is 0.218 e. The van der Waals surface area contributed by atoms with Gasteiger partial charge < -0.3 is 4.74 Å².